The molecule has 0 radical (unpaired) electrons. The van der Waals surface area contributed by atoms with E-state index in [-0.39, 0.29) is 37.1 Å². The van der Waals surface area contributed by atoms with E-state index in [1.54, 1.807) is 12.1 Å². The number of benzene rings is 4. The van der Waals surface area contributed by atoms with Gasteiger partial charge >= 0.3 is 12.1 Å². The predicted octanol–water partition coefficient (Wildman–Crippen LogP) is 3.01. The molecule has 0 saturated carbocycles. The number of nitrogens with one attached hydrogen (secondary N) is 3. The monoisotopic (exact) mass is 748 g/mol. The largest absolute Gasteiger partial charge is 0.490 e. The summed E-state index contributed by atoms with van der Waals surface area (Å²) >= 11 is 0. The minimum absolute atomic E-state index is 0.0480. The van der Waals surface area contributed by atoms with Gasteiger partial charge in [-0.05, 0) is 53.6 Å². The first-order chi connectivity index (χ1) is 25.4. The molecule has 0 bridgehead atoms. The van der Waals surface area contributed by atoms with Gasteiger partial charge < -0.3 is 38.7 Å². The van der Waals surface area contributed by atoms with Crippen LogP contribution in [0.3, 0.4) is 0 Å². The number of carbonyl (C=O) groups excluding carboxylic acids is 3. The lowest BCUT2D eigenvalue weighted by molar-refractivity contribution is -0.192. The second kappa shape index (κ2) is 18.9. The number of amidine groups is 1. The van der Waals surface area contributed by atoms with Gasteiger partial charge in [-0.2, -0.15) is 13.2 Å². The number of guanidine groups is 1. The number of nitrogens with two attached hydrogens (primary N) is 4. The Morgan fingerprint density at radius 2 is 1.37 bits per heavy atom. The van der Waals surface area contributed by atoms with Crippen molar-refractivity contribution in [2.45, 2.75) is 56.3 Å². The molecule has 0 saturated heterocycles. The third kappa shape index (κ3) is 12.4. The first-order valence-corrected chi connectivity index (χ1v) is 16.6. The number of aliphatic carboxylic acids is 1. The van der Waals surface area contributed by atoms with E-state index in [1.165, 1.54) is 0 Å². The lowest BCUT2D eigenvalue weighted by Gasteiger charge is -2.32. The van der Waals surface area contributed by atoms with Crippen LogP contribution < -0.4 is 33.6 Å². The summed E-state index contributed by atoms with van der Waals surface area (Å²) in [5.41, 5.74) is 24.0. The number of carboxylic acid groups (broad SMARTS) is 1. The van der Waals surface area contributed by atoms with Crippen LogP contribution in [0.2, 0.25) is 0 Å². The van der Waals surface area contributed by atoms with E-state index in [1.807, 2.05) is 91.9 Å². The average molecular weight is 749 g/mol. The summed E-state index contributed by atoms with van der Waals surface area (Å²) < 4.78 is 31.7. The van der Waals surface area contributed by atoms with Crippen molar-refractivity contribution >= 4 is 46.3 Å². The molecule has 0 spiro atoms. The molecular formula is C38H43F3N8O5. The molecule has 1 unspecified atom stereocenters. The van der Waals surface area contributed by atoms with Crippen LogP contribution in [0.4, 0.5) is 13.2 Å². The predicted molar refractivity (Wildman–Crippen MR) is 199 cm³/mol. The van der Waals surface area contributed by atoms with Crippen molar-refractivity contribution in [3.8, 4) is 0 Å². The number of hydrogen-bond donors (Lipinski definition) is 8. The number of carbonyl (C=O) groups is 4. The van der Waals surface area contributed by atoms with E-state index >= 15 is 0 Å². The maximum absolute atomic E-state index is 14.4. The number of hydrogen-bond acceptors (Lipinski definition) is 6. The Labute approximate surface area is 309 Å². The van der Waals surface area contributed by atoms with Gasteiger partial charge in [-0.25, -0.2) is 4.79 Å². The zero-order valence-corrected chi connectivity index (χ0v) is 29.4. The average Bonchev–Trinajstić information content (AvgIpc) is 3.12. The first-order valence-electron chi connectivity index (χ1n) is 16.6. The Morgan fingerprint density at radius 3 is 1.93 bits per heavy atom. The summed E-state index contributed by atoms with van der Waals surface area (Å²) in [4.78, 5) is 53.4. The Hall–Kier alpha value is -6.45. The SMILES string of the molecule is CC(Cc1ccc(C(=N)N)cc1)(C(=O)N[C@@H](Cc1ccc2ccccc2c1)C(=O)N[C@@H](CCCN=C(N)N)C(N)=O)c1ccccc1.O=C(O)C(F)(F)F. The third-order valence-electron chi connectivity index (χ3n) is 8.46. The van der Waals surface area contributed by atoms with Gasteiger partial charge in [0.05, 0.1) is 5.41 Å². The van der Waals surface area contributed by atoms with Crippen molar-refractivity contribution in [2.24, 2.45) is 27.9 Å². The molecule has 0 aliphatic heterocycles. The number of halogens is 3. The number of primary amides is 1. The summed E-state index contributed by atoms with van der Waals surface area (Å²) in [5.74, 6) is -4.50. The molecule has 0 aliphatic carbocycles. The minimum Gasteiger partial charge on any atom is -0.475 e. The van der Waals surface area contributed by atoms with Crippen LogP contribution in [-0.4, -0.2) is 65.4 Å². The van der Waals surface area contributed by atoms with Gasteiger partial charge in [0, 0.05) is 18.5 Å². The van der Waals surface area contributed by atoms with Crippen molar-refractivity contribution in [1.82, 2.24) is 10.6 Å². The second-order valence-corrected chi connectivity index (χ2v) is 12.6. The summed E-state index contributed by atoms with van der Waals surface area (Å²) in [6.07, 6.45) is -3.99. The van der Waals surface area contributed by atoms with Crippen molar-refractivity contribution in [2.75, 3.05) is 6.54 Å². The van der Waals surface area contributed by atoms with Gasteiger partial charge in [-0.3, -0.25) is 24.8 Å². The zero-order chi connectivity index (χ0) is 40.1. The highest BCUT2D eigenvalue weighted by molar-refractivity contribution is 5.96. The molecule has 4 rings (SSSR count). The molecule has 4 aromatic carbocycles. The Morgan fingerprint density at radius 1 is 0.796 bits per heavy atom. The number of fused-ring (bicyclic) bond motifs is 1. The number of aliphatic imine (C=N–C) groups is 1. The molecule has 54 heavy (non-hydrogen) atoms. The highest BCUT2D eigenvalue weighted by Crippen LogP contribution is 2.29. The van der Waals surface area contributed by atoms with Crippen LogP contribution in [0.25, 0.3) is 10.8 Å². The van der Waals surface area contributed by atoms with E-state index < -0.39 is 41.5 Å². The zero-order valence-electron chi connectivity index (χ0n) is 29.4. The number of alkyl halides is 3. The van der Waals surface area contributed by atoms with E-state index in [2.05, 4.69) is 15.6 Å². The maximum Gasteiger partial charge on any atom is 0.490 e. The summed E-state index contributed by atoms with van der Waals surface area (Å²) in [7, 11) is 0. The van der Waals surface area contributed by atoms with Crippen LogP contribution in [0.1, 0.15) is 42.0 Å². The molecule has 0 fully saturated rings. The topological polar surface area (TPSA) is 253 Å². The number of nitrogens with zero attached hydrogens (tertiary/aromatic N) is 1. The van der Waals surface area contributed by atoms with E-state index in [0.29, 0.717) is 18.4 Å². The fourth-order valence-corrected chi connectivity index (χ4v) is 5.52. The fourth-order valence-electron chi connectivity index (χ4n) is 5.52. The minimum atomic E-state index is -5.08. The molecule has 3 atom stereocenters. The molecule has 12 N–H and O–H groups in total. The van der Waals surface area contributed by atoms with Crippen LogP contribution in [-0.2, 0) is 37.4 Å². The molecular weight excluding hydrogens is 705 g/mol. The van der Waals surface area contributed by atoms with Crippen LogP contribution in [0.15, 0.2) is 102 Å². The number of carboxylic acids is 1. The standard InChI is InChI=1S/C36H42N8O3.C2HF3O2/c1-36(28-10-3-2-4-11-28,22-23-13-17-26(18-14-23)31(37)38)34(47)44-30(21-24-15-16-25-8-5-6-9-27(25)20-24)33(46)43-29(32(39)45)12-7-19-42-35(40)41;3-2(4,5)1(6)7/h2-6,8-11,13-18,20,29-30H,7,12,19,21-22H2,1H3,(H3,37,38)(H2,39,45)(H,43,46)(H,44,47)(H4,40,41,42);(H,6,7)/t29-,30-,36?;/m0./s1. The lowest BCUT2D eigenvalue weighted by atomic mass is 9.76. The Balaban J connectivity index is 0.00000102. The molecule has 13 nitrogen and oxygen atoms in total. The molecule has 4 aromatic rings. The molecule has 0 aromatic heterocycles. The van der Waals surface area contributed by atoms with Gasteiger partial charge in [0.25, 0.3) is 0 Å². The molecule has 286 valence electrons. The van der Waals surface area contributed by atoms with E-state index in [9.17, 15) is 27.6 Å². The number of rotatable bonds is 15. The van der Waals surface area contributed by atoms with Crippen molar-refractivity contribution < 1.29 is 37.5 Å². The van der Waals surface area contributed by atoms with E-state index in [0.717, 1.165) is 27.5 Å². The lowest BCUT2D eigenvalue weighted by Crippen LogP contribution is -2.56. The summed E-state index contributed by atoms with van der Waals surface area (Å²) in [6, 6.07) is 28.2. The normalized spacial score (nSPS) is 13.2. The van der Waals surface area contributed by atoms with Crippen molar-refractivity contribution in [1.29, 1.82) is 5.41 Å². The fraction of sp³-hybridized carbons (Fsp3) is 0.263. The first kappa shape index (κ1) is 42.0. The van der Waals surface area contributed by atoms with Gasteiger partial charge in [-0.15, -0.1) is 0 Å². The van der Waals surface area contributed by atoms with Gasteiger partial charge in [-0.1, -0.05) is 97.1 Å². The third-order valence-corrected chi connectivity index (χ3v) is 8.46. The van der Waals surface area contributed by atoms with Gasteiger partial charge in [0.2, 0.25) is 17.7 Å². The molecule has 0 heterocycles. The molecule has 16 heteroatoms. The quantitative estimate of drug-likeness (QED) is 0.0508. The van der Waals surface area contributed by atoms with Crippen LogP contribution in [0, 0.1) is 5.41 Å². The van der Waals surface area contributed by atoms with Gasteiger partial charge in [0.1, 0.15) is 17.9 Å². The van der Waals surface area contributed by atoms with Crippen LogP contribution in [0.5, 0.6) is 0 Å². The van der Waals surface area contributed by atoms with Crippen molar-refractivity contribution in [3.63, 3.8) is 0 Å². The Bertz CT molecular complexity index is 1970. The van der Waals surface area contributed by atoms with Gasteiger partial charge in [0.15, 0.2) is 5.96 Å². The molecule has 3 amide bonds. The smallest absolute Gasteiger partial charge is 0.475 e. The number of nitrogen functional groups attached to an aromatic ring is 1. The summed E-state index contributed by atoms with van der Waals surface area (Å²) in [6.45, 7) is 2.10. The van der Waals surface area contributed by atoms with Crippen molar-refractivity contribution in [3.05, 3.63) is 119 Å². The van der Waals surface area contributed by atoms with Crippen LogP contribution >= 0.6 is 0 Å². The molecule has 0 aliphatic rings. The second-order valence-electron chi connectivity index (χ2n) is 12.6. The summed E-state index contributed by atoms with van der Waals surface area (Å²) in [5, 5.41) is 22.6. The van der Waals surface area contributed by atoms with E-state index in [4.69, 9.17) is 38.2 Å². The Kier molecular flexibility index (Phi) is 14.7. The number of amides is 3. The highest BCUT2D eigenvalue weighted by Gasteiger charge is 2.39. The maximum atomic E-state index is 14.4. The highest BCUT2D eigenvalue weighted by atomic mass is 19.4.